The number of carbonyl (C=O) groups is 1. The van der Waals surface area contributed by atoms with E-state index in [1.165, 1.54) is 18.4 Å². The van der Waals surface area contributed by atoms with Crippen LogP contribution < -0.4 is 5.32 Å². The van der Waals surface area contributed by atoms with E-state index in [9.17, 15) is 4.79 Å². The molecule has 96 valence electrons. The molecule has 0 aliphatic rings. The number of aromatic nitrogens is 3. The highest BCUT2D eigenvalue weighted by molar-refractivity contribution is 7.13. The summed E-state index contributed by atoms with van der Waals surface area (Å²) < 4.78 is 4.59. The van der Waals surface area contributed by atoms with Gasteiger partial charge in [-0.2, -0.15) is 5.10 Å². The number of thiazole rings is 1. The van der Waals surface area contributed by atoms with Gasteiger partial charge >= 0.3 is 5.97 Å². The zero-order chi connectivity index (χ0) is 12.8. The fourth-order valence-corrected chi connectivity index (χ4v) is 2.13. The van der Waals surface area contributed by atoms with E-state index in [0.29, 0.717) is 19.4 Å². The van der Waals surface area contributed by atoms with Gasteiger partial charge in [0, 0.05) is 30.1 Å². The summed E-state index contributed by atoms with van der Waals surface area (Å²) in [7, 11) is 1.39. The quantitative estimate of drug-likeness (QED) is 0.776. The molecule has 2 aromatic heterocycles. The minimum Gasteiger partial charge on any atom is -0.469 e. The summed E-state index contributed by atoms with van der Waals surface area (Å²) in [5.74, 6) is -0.212. The fraction of sp³-hybridized carbons (Fsp3) is 0.364. The molecule has 0 saturated carbocycles. The highest BCUT2D eigenvalue weighted by Crippen LogP contribution is 2.17. The van der Waals surface area contributed by atoms with Crippen molar-refractivity contribution >= 4 is 22.4 Å². The number of nitrogens with zero attached hydrogens (tertiary/aromatic N) is 2. The number of rotatable bonds is 6. The lowest BCUT2D eigenvalue weighted by molar-refractivity contribution is -0.140. The highest BCUT2D eigenvalue weighted by atomic mass is 32.1. The van der Waals surface area contributed by atoms with Crippen LogP contribution in [0.25, 0.3) is 0 Å². The van der Waals surface area contributed by atoms with E-state index in [1.807, 2.05) is 11.6 Å². The number of aromatic amines is 1. The zero-order valence-corrected chi connectivity index (χ0v) is 10.8. The van der Waals surface area contributed by atoms with Crippen molar-refractivity contribution < 1.29 is 9.53 Å². The molecule has 2 N–H and O–H groups in total. The maximum absolute atomic E-state index is 11.0. The normalized spacial score (nSPS) is 10.3. The first-order valence-electron chi connectivity index (χ1n) is 5.50. The second kappa shape index (κ2) is 6.15. The number of nitrogens with one attached hydrogen (secondary N) is 2. The Morgan fingerprint density at radius 3 is 3.22 bits per heavy atom. The van der Waals surface area contributed by atoms with E-state index in [0.717, 1.165) is 16.4 Å². The molecule has 6 nitrogen and oxygen atoms in total. The molecule has 2 aromatic rings. The van der Waals surface area contributed by atoms with Gasteiger partial charge in [-0.05, 0) is 0 Å². The highest BCUT2D eigenvalue weighted by Gasteiger charge is 2.05. The lowest BCUT2D eigenvalue weighted by atomic mass is 10.2. The number of aryl methyl sites for hydroxylation is 1. The van der Waals surface area contributed by atoms with Crippen molar-refractivity contribution in [3.63, 3.8) is 0 Å². The van der Waals surface area contributed by atoms with Gasteiger partial charge in [-0.1, -0.05) is 0 Å². The van der Waals surface area contributed by atoms with Crippen LogP contribution in [-0.4, -0.2) is 28.3 Å². The Hall–Kier alpha value is -1.89. The summed E-state index contributed by atoms with van der Waals surface area (Å²) >= 11 is 1.53. The molecular formula is C11H14N4O2S. The molecule has 2 rings (SSSR count). The van der Waals surface area contributed by atoms with Crippen molar-refractivity contribution in [2.75, 3.05) is 12.4 Å². The van der Waals surface area contributed by atoms with Crippen LogP contribution >= 0.6 is 11.3 Å². The summed E-state index contributed by atoms with van der Waals surface area (Å²) in [5, 5.41) is 12.6. The third kappa shape index (κ3) is 3.56. The molecule has 0 unspecified atom stereocenters. The van der Waals surface area contributed by atoms with Gasteiger partial charge < -0.3 is 10.1 Å². The molecule has 0 aliphatic heterocycles. The third-order valence-corrected chi connectivity index (χ3v) is 3.21. The van der Waals surface area contributed by atoms with Crippen molar-refractivity contribution in [3.8, 4) is 0 Å². The predicted molar refractivity (Wildman–Crippen MR) is 68.4 cm³/mol. The number of anilines is 1. The minimum atomic E-state index is -0.212. The Balaban J connectivity index is 1.80. The first-order chi connectivity index (χ1) is 8.78. The minimum absolute atomic E-state index is 0.212. The van der Waals surface area contributed by atoms with Crippen LogP contribution in [0.4, 0.5) is 5.13 Å². The second-order valence-electron chi connectivity index (χ2n) is 3.68. The molecule has 0 spiro atoms. The van der Waals surface area contributed by atoms with Crippen molar-refractivity contribution in [2.45, 2.75) is 19.4 Å². The van der Waals surface area contributed by atoms with E-state index >= 15 is 0 Å². The number of methoxy groups -OCH3 is 1. The lowest BCUT2D eigenvalue weighted by Gasteiger charge is -1.99. The number of H-pyrrole nitrogens is 1. The number of hydrogen-bond donors (Lipinski definition) is 2. The topological polar surface area (TPSA) is 79.9 Å². The smallest absolute Gasteiger partial charge is 0.305 e. The number of ether oxygens (including phenoxy) is 1. The number of hydrogen-bond acceptors (Lipinski definition) is 6. The molecule has 18 heavy (non-hydrogen) atoms. The van der Waals surface area contributed by atoms with E-state index in [1.54, 1.807) is 6.20 Å². The third-order valence-electron chi connectivity index (χ3n) is 2.36. The molecule has 0 fully saturated rings. The first kappa shape index (κ1) is 12.6. The van der Waals surface area contributed by atoms with Crippen LogP contribution in [0.5, 0.6) is 0 Å². The van der Waals surface area contributed by atoms with E-state index in [-0.39, 0.29) is 5.97 Å². The van der Waals surface area contributed by atoms with E-state index in [4.69, 9.17) is 0 Å². The zero-order valence-electron chi connectivity index (χ0n) is 9.97. The van der Waals surface area contributed by atoms with Gasteiger partial charge in [0.15, 0.2) is 5.13 Å². The van der Waals surface area contributed by atoms with Gasteiger partial charge in [0.25, 0.3) is 0 Å². The molecule has 0 saturated heterocycles. The lowest BCUT2D eigenvalue weighted by Crippen LogP contribution is -2.02. The Labute approximate surface area is 108 Å². The van der Waals surface area contributed by atoms with E-state index < -0.39 is 0 Å². The largest absolute Gasteiger partial charge is 0.469 e. The maximum Gasteiger partial charge on any atom is 0.305 e. The van der Waals surface area contributed by atoms with Gasteiger partial charge in [-0.15, -0.1) is 11.3 Å². The SMILES string of the molecule is COC(=O)CCc1csc(NCc2cn[nH]c2)n1. The summed E-state index contributed by atoms with van der Waals surface area (Å²) in [6, 6.07) is 0. The van der Waals surface area contributed by atoms with E-state index in [2.05, 4.69) is 25.2 Å². The molecule has 0 bridgehead atoms. The number of carbonyl (C=O) groups excluding carboxylic acids is 1. The fourth-order valence-electron chi connectivity index (χ4n) is 1.39. The second-order valence-corrected chi connectivity index (χ2v) is 4.54. The van der Waals surface area contributed by atoms with Gasteiger partial charge in [0.1, 0.15) is 0 Å². The molecule has 2 heterocycles. The van der Waals surface area contributed by atoms with Crippen molar-refractivity contribution in [1.82, 2.24) is 15.2 Å². The summed E-state index contributed by atoms with van der Waals surface area (Å²) in [6.07, 6.45) is 4.56. The van der Waals surface area contributed by atoms with Gasteiger partial charge in [0.05, 0.1) is 25.4 Å². The number of esters is 1. The van der Waals surface area contributed by atoms with Crippen LogP contribution in [0, 0.1) is 0 Å². The maximum atomic E-state index is 11.0. The Morgan fingerprint density at radius 2 is 2.50 bits per heavy atom. The standard InChI is InChI=1S/C11H14N4O2S/c1-17-10(16)3-2-9-7-18-11(15-9)12-4-8-5-13-14-6-8/h5-7H,2-4H2,1H3,(H,12,15)(H,13,14). The molecule has 0 radical (unpaired) electrons. The average molecular weight is 266 g/mol. The van der Waals surface area contributed by atoms with Crippen molar-refractivity contribution in [1.29, 1.82) is 0 Å². The van der Waals surface area contributed by atoms with Crippen LogP contribution in [-0.2, 0) is 22.5 Å². The predicted octanol–water partition coefficient (Wildman–Crippen LogP) is 1.58. The Bertz CT molecular complexity index is 495. The molecular weight excluding hydrogens is 252 g/mol. The van der Waals surface area contributed by atoms with Crippen LogP contribution in [0.2, 0.25) is 0 Å². The molecule has 0 aromatic carbocycles. The van der Waals surface area contributed by atoms with Crippen LogP contribution in [0.15, 0.2) is 17.8 Å². The summed E-state index contributed by atoms with van der Waals surface area (Å²) in [4.78, 5) is 15.4. The Morgan fingerprint density at radius 1 is 1.61 bits per heavy atom. The van der Waals surface area contributed by atoms with Crippen LogP contribution in [0.1, 0.15) is 17.7 Å². The molecule has 0 atom stereocenters. The Kier molecular flexibility index (Phi) is 4.30. The monoisotopic (exact) mass is 266 g/mol. The summed E-state index contributed by atoms with van der Waals surface area (Å²) in [6.45, 7) is 0.681. The average Bonchev–Trinajstić information content (AvgIpc) is 3.04. The molecule has 0 amide bonds. The summed E-state index contributed by atoms with van der Waals surface area (Å²) in [5.41, 5.74) is 1.97. The molecule has 7 heteroatoms. The van der Waals surface area contributed by atoms with Crippen molar-refractivity contribution in [3.05, 3.63) is 29.0 Å². The van der Waals surface area contributed by atoms with Crippen LogP contribution in [0.3, 0.4) is 0 Å². The van der Waals surface area contributed by atoms with Gasteiger partial charge in [-0.3, -0.25) is 9.89 Å². The molecule has 0 aliphatic carbocycles. The first-order valence-corrected chi connectivity index (χ1v) is 6.38. The van der Waals surface area contributed by atoms with Gasteiger partial charge in [-0.25, -0.2) is 4.98 Å². The van der Waals surface area contributed by atoms with Crippen molar-refractivity contribution in [2.24, 2.45) is 0 Å². The van der Waals surface area contributed by atoms with Gasteiger partial charge in [0.2, 0.25) is 0 Å².